The monoisotopic (exact) mass is 238 g/mol. The lowest BCUT2D eigenvalue weighted by Gasteiger charge is -2.21. The summed E-state index contributed by atoms with van der Waals surface area (Å²) in [4.78, 5) is 11.5. The molecule has 0 spiro atoms. The van der Waals surface area contributed by atoms with Crippen LogP contribution in [0.25, 0.3) is 0 Å². The second kappa shape index (κ2) is 5.30. The summed E-state index contributed by atoms with van der Waals surface area (Å²) in [7, 11) is 1.20. The zero-order valence-electron chi connectivity index (χ0n) is 10.8. The molecule has 2 nitrogen and oxygen atoms in total. The highest BCUT2D eigenvalue weighted by molar-refractivity contribution is 5.81. The summed E-state index contributed by atoms with van der Waals surface area (Å²) in [5, 5.41) is 0. The van der Waals surface area contributed by atoms with Gasteiger partial charge in [0.25, 0.3) is 0 Å². The van der Waals surface area contributed by atoms with Gasteiger partial charge in [-0.1, -0.05) is 38.1 Å². The van der Waals surface area contributed by atoms with Crippen LogP contribution < -0.4 is 0 Å². The molecule has 0 heterocycles. The van der Waals surface area contributed by atoms with Crippen molar-refractivity contribution in [2.75, 3.05) is 7.11 Å². The van der Waals surface area contributed by atoms with Gasteiger partial charge in [-0.05, 0) is 24.8 Å². The Bertz CT molecular complexity index is 397. The summed E-state index contributed by atoms with van der Waals surface area (Å²) >= 11 is 0. The highest BCUT2D eigenvalue weighted by atomic mass is 19.1. The minimum atomic E-state index is -2.08. The van der Waals surface area contributed by atoms with Crippen LogP contribution in [-0.4, -0.2) is 13.1 Å². The summed E-state index contributed by atoms with van der Waals surface area (Å²) in [5.41, 5.74) is -0.821. The van der Waals surface area contributed by atoms with E-state index in [0.717, 1.165) is 12.0 Å². The van der Waals surface area contributed by atoms with Crippen molar-refractivity contribution in [3.63, 3.8) is 0 Å². The molecule has 0 aliphatic carbocycles. The maximum atomic E-state index is 14.5. The Balaban J connectivity index is 3.16. The number of esters is 1. The van der Waals surface area contributed by atoms with Crippen LogP contribution in [0.4, 0.5) is 4.39 Å². The lowest BCUT2D eigenvalue weighted by Crippen LogP contribution is -2.30. The summed E-state index contributed by atoms with van der Waals surface area (Å²) in [6, 6.07) is 7.10. The third-order valence-electron chi connectivity index (χ3n) is 2.72. The number of methoxy groups -OCH3 is 1. The first-order chi connectivity index (χ1) is 7.89. The summed E-state index contributed by atoms with van der Waals surface area (Å²) < 4.78 is 19.0. The molecular formula is C14H19FO2. The highest BCUT2D eigenvalue weighted by Crippen LogP contribution is 2.30. The lowest BCUT2D eigenvalue weighted by molar-refractivity contribution is -0.154. The third kappa shape index (κ3) is 3.05. The van der Waals surface area contributed by atoms with Gasteiger partial charge in [0.1, 0.15) is 0 Å². The molecule has 0 aromatic heterocycles. The molecule has 0 radical (unpaired) electrons. The van der Waals surface area contributed by atoms with Gasteiger partial charge >= 0.3 is 5.97 Å². The van der Waals surface area contributed by atoms with Crippen LogP contribution >= 0.6 is 0 Å². The van der Waals surface area contributed by atoms with E-state index in [0.29, 0.717) is 11.5 Å². The molecule has 17 heavy (non-hydrogen) atoms. The molecule has 1 unspecified atom stereocenters. The first kappa shape index (κ1) is 13.7. The summed E-state index contributed by atoms with van der Waals surface area (Å²) in [6.07, 6.45) is 0.743. The fourth-order valence-electron chi connectivity index (χ4n) is 1.90. The standard InChI is InChI=1S/C14H19FO2/c1-10(2)9-11-7-5-6-8-12(11)14(3,15)13(16)17-4/h5-8,10H,9H2,1-4H3. The number of hydrogen-bond donors (Lipinski definition) is 0. The van der Waals surface area contributed by atoms with Crippen LogP contribution in [0.2, 0.25) is 0 Å². The fourth-order valence-corrected chi connectivity index (χ4v) is 1.90. The molecule has 1 aromatic carbocycles. The number of rotatable bonds is 4. The van der Waals surface area contributed by atoms with Crippen LogP contribution in [0, 0.1) is 5.92 Å². The van der Waals surface area contributed by atoms with Crippen molar-refractivity contribution in [1.29, 1.82) is 0 Å². The van der Waals surface area contributed by atoms with E-state index < -0.39 is 11.6 Å². The molecule has 0 aliphatic heterocycles. The average molecular weight is 238 g/mol. The predicted molar refractivity (Wildman–Crippen MR) is 65.5 cm³/mol. The Morgan fingerprint density at radius 3 is 2.53 bits per heavy atom. The van der Waals surface area contributed by atoms with Crippen molar-refractivity contribution in [3.8, 4) is 0 Å². The number of carbonyl (C=O) groups excluding carboxylic acids is 1. The van der Waals surface area contributed by atoms with Gasteiger partial charge in [0.2, 0.25) is 5.67 Å². The van der Waals surface area contributed by atoms with Crippen LogP contribution in [0.1, 0.15) is 31.9 Å². The Kier molecular flexibility index (Phi) is 4.27. The van der Waals surface area contributed by atoms with Gasteiger partial charge in [-0.3, -0.25) is 0 Å². The van der Waals surface area contributed by atoms with E-state index in [4.69, 9.17) is 0 Å². The maximum absolute atomic E-state index is 14.5. The van der Waals surface area contributed by atoms with Gasteiger partial charge in [0, 0.05) is 5.56 Å². The molecule has 94 valence electrons. The van der Waals surface area contributed by atoms with Gasteiger partial charge < -0.3 is 4.74 Å². The second-order valence-electron chi connectivity index (χ2n) is 4.75. The number of ether oxygens (including phenoxy) is 1. The minimum absolute atomic E-state index is 0.403. The summed E-state index contributed by atoms with van der Waals surface area (Å²) in [6.45, 7) is 5.37. The maximum Gasteiger partial charge on any atom is 0.348 e. The lowest BCUT2D eigenvalue weighted by atomic mass is 9.89. The van der Waals surface area contributed by atoms with E-state index >= 15 is 0 Å². The Morgan fingerprint density at radius 2 is 2.00 bits per heavy atom. The zero-order valence-corrected chi connectivity index (χ0v) is 10.8. The number of halogens is 1. The van der Waals surface area contributed by atoms with Crippen molar-refractivity contribution in [3.05, 3.63) is 35.4 Å². The van der Waals surface area contributed by atoms with Crippen molar-refractivity contribution >= 4 is 5.97 Å². The van der Waals surface area contributed by atoms with E-state index in [1.54, 1.807) is 12.1 Å². The first-order valence-electron chi connectivity index (χ1n) is 5.75. The topological polar surface area (TPSA) is 26.3 Å². The molecule has 0 fully saturated rings. The van der Waals surface area contributed by atoms with Gasteiger partial charge in [-0.25, -0.2) is 9.18 Å². The van der Waals surface area contributed by atoms with Crippen molar-refractivity contribution in [1.82, 2.24) is 0 Å². The van der Waals surface area contributed by atoms with Crippen LogP contribution in [-0.2, 0) is 21.6 Å². The molecule has 1 atom stereocenters. The van der Waals surface area contributed by atoms with Gasteiger partial charge in [0.05, 0.1) is 7.11 Å². The molecule has 1 aromatic rings. The van der Waals surface area contributed by atoms with E-state index in [1.807, 2.05) is 12.1 Å². The van der Waals surface area contributed by atoms with E-state index in [2.05, 4.69) is 18.6 Å². The molecule has 3 heteroatoms. The molecule has 0 amide bonds. The zero-order chi connectivity index (χ0) is 13.1. The smallest absolute Gasteiger partial charge is 0.348 e. The summed E-state index contributed by atoms with van der Waals surface area (Å²) in [5.74, 6) is -0.446. The quantitative estimate of drug-likeness (QED) is 0.753. The molecular weight excluding hydrogens is 219 g/mol. The van der Waals surface area contributed by atoms with Gasteiger partial charge in [0.15, 0.2) is 0 Å². The third-order valence-corrected chi connectivity index (χ3v) is 2.72. The number of alkyl halides is 1. The minimum Gasteiger partial charge on any atom is -0.466 e. The normalized spacial score (nSPS) is 14.5. The molecule has 0 aliphatic rings. The molecule has 1 rings (SSSR count). The van der Waals surface area contributed by atoms with Crippen molar-refractivity contribution in [2.45, 2.75) is 32.9 Å². The number of hydrogen-bond acceptors (Lipinski definition) is 2. The Hall–Kier alpha value is -1.38. The van der Waals surface area contributed by atoms with Gasteiger partial charge in [-0.15, -0.1) is 0 Å². The van der Waals surface area contributed by atoms with E-state index in [9.17, 15) is 9.18 Å². The first-order valence-corrected chi connectivity index (χ1v) is 5.75. The highest BCUT2D eigenvalue weighted by Gasteiger charge is 2.38. The number of carbonyl (C=O) groups is 1. The molecule has 0 N–H and O–H groups in total. The Labute approximate surface area is 102 Å². The Morgan fingerprint density at radius 1 is 1.41 bits per heavy atom. The van der Waals surface area contributed by atoms with Crippen molar-refractivity contribution < 1.29 is 13.9 Å². The molecule has 0 saturated carbocycles. The van der Waals surface area contributed by atoms with Gasteiger partial charge in [-0.2, -0.15) is 0 Å². The number of benzene rings is 1. The molecule has 0 bridgehead atoms. The van der Waals surface area contributed by atoms with Crippen LogP contribution in [0.15, 0.2) is 24.3 Å². The van der Waals surface area contributed by atoms with E-state index in [-0.39, 0.29) is 0 Å². The average Bonchev–Trinajstić information content (AvgIpc) is 2.27. The SMILES string of the molecule is COC(=O)C(C)(F)c1ccccc1CC(C)C. The predicted octanol–water partition coefficient (Wildman–Crippen LogP) is 3.24. The molecule has 0 saturated heterocycles. The largest absolute Gasteiger partial charge is 0.466 e. The van der Waals surface area contributed by atoms with Crippen LogP contribution in [0.3, 0.4) is 0 Å². The van der Waals surface area contributed by atoms with Crippen molar-refractivity contribution in [2.24, 2.45) is 5.92 Å². The van der Waals surface area contributed by atoms with E-state index in [1.165, 1.54) is 14.0 Å². The second-order valence-corrected chi connectivity index (χ2v) is 4.75. The van der Waals surface area contributed by atoms with Crippen LogP contribution in [0.5, 0.6) is 0 Å². The fraction of sp³-hybridized carbons (Fsp3) is 0.500.